The summed E-state index contributed by atoms with van der Waals surface area (Å²) in [5, 5.41) is 2.82. The molecule has 1 aromatic carbocycles. The molecule has 14 heavy (non-hydrogen) atoms. The third-order valence-electron chi connectivity index (χ3n) is 2.34. The number of rotatable bonds is 1. The van der Waals surface area contributed by atoms with Crippen molar-refractivity contribution in [1.82, 2.24) is 5.32 Å². The molecule has 0 aliphatic carbocycles. The predicted molar refractivity (Wildman–Crippen MR) is 59.6 cm³/mol. The second-order valence-electron chi connectivity index (χ2n) is 3.53. The van der Waals surface area contributed by atoms with Gasteiger partial charge in [-0.1, -0.05) is 15.9 Å². The lowest BCUT2D eigenvalue weighted by Crippen LogP contribution is -2.12. The Bertz CT molecular complexity index is 401. The van der Waals surface area contributed by atoms with Gasteiger partial charge in [0.2, 0.25) is 0 Å². The zero-order valence-electron chi connectivity index (χ0n) is 8.10. The van der Waals surface area contributed by atoms with Crippen molar-refractivity contribution < 1.29 is 4.79 Å². The van der Waals surface area contributed by atoms with Gasteiger partial charge in [0.1, 0.15) is 0 Å². The van der Waals surface area contributed by atoms with E-state index < -0.39 is 0 Å². The Hall–Kier alpha value is -1.03. The van der Waals surface area contributed by atoms with Crippen molar-refractivity contribution in [3.05, 3.63) is 27.7 Å². The first-order chi connectivity index (χ1) is 6.59. The van der Waals surface area contributed by atoms with Crippen LogP contribution in [0.2, 0.25) is 0 Å². The molecule has 0 radical (unpaired) electrons. The van der Waals surface area contributed by atoms with E-state index in [9.17, 15) is 4.79 Å². The van der Waals surface area contributed by atoms with E-state index in [1.807, 2.05) is 31.1 Å². The minimum atomic E-state index is 0.0180. The van der Waals surface area contributed by atoms with E-state index in [-0.39, 0.29) is 5.91 Å². The lowest BCUT2D eigenvalue weighted by atomic mass is 10.1. The zero-order chi connectivity index (χ0) is 10.3. The summed E-state index contributed by atoms with van der Waals surface area (Å²) in [6, 6.07) is 3.89. The highest BCUT2D eigenvalue weighted by molar-refractivity contribution is 9.10. The van der Waals surface area contributed by atoms with Gasteiger partial charge < -0.3 is 10.2 Å². The quantitative estimate of drug-likeness (QED) is 0.829. The summed E-state index contributed by atoms with van der Waals surface area (Å²) in [4.78, 5) is 13.5. The molecule has 1 amide bonds. The van der Waals surface area contributed by atoms with Gasteiger partial charge in [0.05, 0.1) is 0 Å². The van der Waals surface area contributed by atoms with Crippen LogP contribution in [0.4, 0.5) is 5.69 Å². The molecule has 1 aliphatic heterocycles. The number of hydrogen-bond acceptors (Lipinski definition) is 2. The standard InChI is InChI=1S/C10H11BrN2O/c1-13(2)9-4-6(11)3-7-8(9)5-12-10(7)14/h3-4H,5H2,1-2H3,(H,12,14). The molecule has 0 saturated carbocycles. The van der Waals surface area contributed by atoms with Crippen LogP contribution in [0.5, 0.6) is 0 Å². The predicted octanol–water partition coefficient (Wildman–Crippen LogP) is 1.76. The van der Waals surface area contributed by atoms with E-state index in [0.29, 0.717) is 6.54 Å². The molecule has 0 saturated heterocycles. The number of amides is 1. The number of halogens is 1. The Labute approximate surface area is 91.2 Å². The highest BCUT2D eigenvalue weighted by Crippen LogP contribution is 2.30. The molecule has 0 aromatic heterocycles. The SMILES string of the molecule is CN(C)c1cc(Br)cc2c1CNC2=O. The van der Waals surface area contributed by atoms with E-state index in [4.69, 9.17) is 0 Å². The smallest absolute Gasteiger partial charge is 0.252 e. The van der Waals surface area contributed by atoms with E-state index in [2.05, 4.69) is 21.2 Å². The average Bonchev–Trinajstić information content (AvgIpc) is 2.47. The molecule has 2 rings (SSSR count). The molecule has 0 unspecified atom stereocenters. The molecule has 0 spiro atoms. The molecule has 4 heteroatoms. The lowest BCUT2D eigenvalue weighted by molar-refractivity contribution is 0.0965. The number of hydrogen-bond donors (Lipinski definition) is 1. The second-order valence-corrected chi connectivity index (χ2v) is 4.44. The van der Waals surface area contributed by atoms with Crippen molar-refractivity contribution in [2.24, 2.45) is 0 Å². The Morgan fingerprint density at radius 3 is 2.79 bits per heavy atom. The zero-order valence-corrected chi connectivity index (χ0v) is 9.68. The topological polar surface area (TPSA) is 32.3 Å². The highest BCUT2D eigenvalue weighted by atomic mass is 79.9. The van der Waals surface area contributed by atoms with Gasteiger partial charge in [-0.2, -0.15) is 0 Å². The molecule has 0 atom stereocenters. The summed E-state index contributed by atoms with van der Waals surface area (Å²) in [5.41, 5.74) is 2.96. The number of carbonyl (C=O) groups excluding carboxylic acids is 1. The maximum atomic E-state index is 11.4. The van der Waals surface area contributed by atoms with Gasteiger partial charge in [0.15, 0.2) is 0 Å². The van der Waals surface area contributed by atoms with E-state index in [1.165, 1.54) is 0 Å². The Balaban J connectivity index is 2.63. The number of carbonyl (C=O) groups is 1. The van der Waals surface area contributed by atoms with Crippen LogP contribution in [-0.4, -0.2) is 20.0 Å². The minimum Gasteiger partial charge on any atom is -0.377 e. The monoisotopic (exact) mass is 254 g/mol. The summed E-state index contributed by atoms with van der Waals surface area (Å²) in [7, 11) is 3.95. The first-order valence-corrected chi connectivity index (χ1v) is 5.17. The number of nitrogens with one attached hydrogen (secondary N) is 1. The fraction of sp³-hybridized carbons (Fsp3) is 0.300. The second kappa shape index (κ2) is 3.28. The van der Waals surface area contributed by atoms with E-state index in [0.717, 1.165) is 21.3 Å². The Morgan fingerprint density at radius 2 is 2.14 bits per heavy atom. The van der Waals surface area contributed by atoms with Crippen LogP contribution in [0.3, 0.4) is 0 Å². The minimum absolute atomic E-state index is 0.0180. The molecule has 1 aromatic rings. The molecule has 0 fully saturated rings. The average molecular weight is 255 g/mol. The van der Waals surface area contributed by atoms with E-state index >= 15 is 0 Å². The van der Waals surface area contributed by atoms with Crippen LogP contribution < -0.4 is 10.2 Å². The van der Waals surface area contributed by atoms with Crippen LogP contribution in [0.1, 0.15) is 15.9 Å². The number of nitrogens with zero attached hydrogens (tertiary/aromatic N) is 1. The fourth-order valence-electron chi connectivity index (χ4n) is 1.67. The van der Waals surface area contributed by atoms with Gasteiger partial charge in [-0.15, -0.1) is 0 Å². The van der Waals surface area contributed by atoms with Crippen molar-refractivity contribution in [2.45, 2.75) is 6.54 Å². The highest BCUT2D eigenvalue weighted by Gasteiger charge is 2.22. The third-order valence-corrected chi connectivity index (χ3v) is 2.80. The Morgan fingerprint density at radius 1 is 1.43 bits per heavy atom. The molecule has 0 bridgehead atoms. The van der Waals surface area contributed by atoms with Crippen molar-refractivity contribution in [2.75, 3.05) is 19.0 Å². The normalized spacial score (nSPS) is 13.8. The van der Waals surface area contributed by atoms with Gasteiger partial charge in [-0.25, -0.2) is 0 Å². The summed E-state index contributed by atoms with van der Waals surface area (Å²) >= 11 is 3.40. The number of anilines is 1. The van der Waals surface area contributed by atoms with Crippen LogP contribution >= 0.6 is 15.9 Å². The summed E-state index contributed by atoms with van der Waals surface area (Å²) in [6.45, 7) is 0.634. The number of fused-ring (bicyclic) bond motifs is 1. The van der Waals surface area contributed by atoms with Crippen molar-refractivity contribution in [3.63, 3.8) is 0 Å². The van der Waals surface area contributed by atoms with Crippen LogP contribution in [0, 0.1) is 0 Å². The maximum Gasteiger partial charge on any atom is 0.252 e. The van der Waals surface area contributed by atoms with Gasteiger partial charge in [-0.05, 0) is 12.1 Å². The molecule has 3 nitrogen and oxygen atoms in total. The van der Waals surface area contributed by atoms with Crippen molar-refractivity contribution in [3.8, 4) is 0 Å². The maximum absolute atomic E-state index is 11.4. The van der Waals surface area contributed by atoms with E-state index in [1.54, 1.807) is 0 Å². The van der Waals surface area contributed by atoms with Gasteiger partial charge in [0, 0.05) is 41.9 Å². The summed E-state index contributed by atoms with van der Waals surface area (Å²) in [6.07, 6.45) is 0. The van der Waals surface area contributed by atoms with Crippen molar-refractivity contribution in [1.29, 1.82) is 0 Å². The molecular formula is C10H11BrN2O. The third kappa shape index (κ3) is 1.39. The van der Waals surface area contributed by atoms with Gasteiger partial charge in [0.25, 0.3) is 5.91 Å². The van der Waals surface area contributed by atoms with Crippen molar-refractivity contribution >= 4 is 27.5 Å². The molecule has 1 heterocycles. The Kier molecular flexibility index (Phi) is 2.23. The van der Waals surface area contributed by atoms with Crippen LogP contribution in [0.15, 0.2) is 16.6 Å². The molecule has 74 valence electrons. The lowest BCUT2D eigenvalue weighted by Gasteiger charge is -2.16. The van der Waals surface area contributed by atoms with Gasteiger partial charge >= 0.3 is 0 Å². The molecular weight excluding hydrogens is 244 g/mol. The van der Waals surface area contributed by atoms with Gasteiger partial charge in [-0.3, -0.25) is 4.79 Å². The fourth-order valence-corrected chi connectivity index (χ4v) is 2.12. The number of benzene rings is 1. The first-order valence-electron chi connectivity index (χ1n) is 4.37. The van der Waals surface area contributed by atoms with Crippen LogP contribution in [-0.2, 0) is 6.54 Å². The summed E-state index contributed by atoms with van der Waals surface area (Å²) < 4.78 is 0.942. The molecule has 1 aliphatic rings. The largest absolute Gasteiger partial charge is 0.377 e. The summed E-state index contributed by atoms with van der Waals surface area (Å²) in [5.74, 6) is 0.0180. The molecule has 1 N–H and O–H groups in total. The van der Waals surface area contributed by atoms with Crippen LogP contribution in [0.25, 0.3) is 0 Å². The first kappa shape index (κ1) is 9.52.